The van der Waals surface area contributed by atoms with E-state index in [1.54, 1.807) is 11.9 Å². The van der Waals surface area contributed by atoms with Gasteiger partial charge in [0.25, 0.3) is 5.91 Å². The van der Waals surface area contributed by atoms with Crippen LogP contribution in [0.5, 0.6) is 11.5 Å². The maximum atomic E-state index is 12.7. The Morgan fingerprint density at radius 1 is 1.38 bits per heavy atom. The topological polar surface area (TPSA) is 51.7 Å². The summed E-state index contributed by atoms with van der Waals surface area (Å²) in [7, 11) is 1.79. The van der Waals surface area contributed by atoms with Gasteiger partial charge in [-0.05, 0) is 19.1 Å². The molecule has 0 fully saturated rings. The predicted molar refractivity (Wildman–Crippen MR) is 94.3 cm³/mol. The summed E-state index contributed by atoms with van der Waals surface area (Å²) >= 11 is 1.48. The SMILES string of the molecule is Cc1nc(C(C)C)sc1C(=O)N(C)C[C@@H]1COc2ccccc2O1. The molecule has 0 saturated carbocycles. The van der Waals surface area contributed by atoms with Crippen molar-refractivity contribution in [1.82, 2.24) is 9.88 Å². The molecule has 0 spiro atoms. The molecule has 2 aromatic rings. The number of carbonyl (C=O) groups excluding carboxylic acids is 1. The van der Waals surface area contributed by atoms with E-state index in [4.69, 9.17) is 9.47 Å². The Morgan fingerprint density at radius 2 is 2.08 bits per heavy atom. The molecule has 1 amide bonds. The lowest BCUT2D eigenvalue weighted by Gasteiger charge is -2.29. The summed E-state index contributed by atoms with van der Waals surface area (Å²) in [5.74, 6) is 1.79. The van der Waals surface area contributed by atoms with E-state index in [1.165, 1.54) is 11.3 Å². The van der Waals surface area contributed by atoms with Crippen LogP contribution >= 0.6 is 11.3 Å². The molecule has 0 aliphatic carbocycles. The number of hydrogen-bond acceptors (Lipinski definition) is 5. The Hall–Kier alpha value is -2.08. The van der Waals surface area contributed by atoms with Crippen molar-refractivity contribution in [3.8, 4) is 11.5 Å². The summed E-state index contributed by atoms with van der Waals surface area (Å²) < 4.78 is 11.6. The molecule has 1 aromatic heterocycles. The van der Waals surface area contributed by atoms with E-state index < -0.39 is 0 Å². The van der Waals surface area contributed by atoms with Crippen molar-refractivity contribution >= 4 is 17.2 Å². The molecule has 0 saturated heterocycles. The van der Waals surface area contributed by atoms with Gasteiger partial charge in [0.15, 0.2) is 17.6 Å². The van der Waals surface area contributed by atoms with Crippen molar-refractivity contribution < 1.29 is 14.3 Å². The molecule has 128 valence electrons. The molecule has 24 heavy (non-hydrogen) atoms. The van der Waals surface area contributed by atoms with Crippen LogP contribution in [0.4, 0.5) is 0 Å². The second-order valence-electron chi connectivity index (χ2n) is 6.30. The fourth-order valence-electron chi connectivity index (χ4n) is 2.58. The van der Waals surface area contributed by atoms with Crippen molar-refractivity contribution in [2.75, 3.05) is 20.2 Å². The molecule has 3 rings (SSSR count). The van der Waals surface area contributed by atoms with Gasteiger partial charge in [0.2, 0.25) is 0 Å². The number of carbonyl (C=O) groups is 1. The average molecular weight is 346 g/mol. The van der Waals surface area contributed by atoms with Crippen LogP contribution in [0.3, 0.4) is 0 Å². The predicted octanol–water partition coefficient (Wildman–Crippen LogP) is 3.49. The third kappa shape index (κ3) is 3.38. The molecule has 0 radical (unpaired) electrons. The first-order valence-corrected chi connectivity index (χ1v) is 8.88. The van der Waals surface area contributed by atoms with Crippen molar-refractivity contribution in [3.63, 3.8) is 0 Å². The number of benzene rings is 1. The first-order valence-electron chi connectivity index (χ1n) is 8.07. The second-order valence-corrected chi connectivity index (χ2v) is 7.34. The fourth-order valence-corrected chi connectivity index (χ4v) is 3.64. The van der Waals surface area contributed by atoms with Gasteiger partial charge in [-0.25, -0.2) is 4.98 Å². The third-order valence-electron chi connectivity index (χ3n) is 3.89. The molecule has 5 nitrogen and oxygen atoms in total. The highest BCUT2D eigenvalue weighted by molar-refractivity contribution is 7.13. The zero-order chi connectivity index (χ0) is 17.3. The van der Waals surface area contributed by atoms with Crippen molar-refractivity contribution in [2.45, 2.75) is 32.8 Å². The highest BCUT2D eigenvalue weighted by atomic mass is 32.1. The highest BCUT2D eigenvalue weighted by Crippen LogP contribution is 2.31. The minimum absolute atomic E-state index is 0.0145. The zero-order valence-electron chi connectivity index (χ0n) is 14.4. The lowest BCUT2D eigenvalue weighted by molar-refractivity contribution is 0.0523. The lowest BCUT2D eigenvalue weighted by Crippen LogP contribution is -2.41. The number of ether oxygens (including phenoxy) is 2. The maximum Gasteiger partial charge on any atom is 0.265 e. The Morgan fingerprint density at radius 3 is 2.75 bits per heavy atom. The quantitative estimate of drug-likeness (QED) is 0.850. The summed E-state index contributed by atoms with van der Waals surface area (Å²) in [6.45, 7) is 6.97. The molecule has 1 atom stereocenters. The zero-order valence-corrected chi connectivity index (χ0v) is 15.2. The van der Waals surface area contributed by atoms with Crippen LogP contribution in [0.15, 0.2) is 24.3 Å². The number of fused-ring (bicyclic) bond motifs is 1. The normalized spacial score (nSPS) is 16.3. The van der Waals surface area contributed by atoms with Gasteiger partial charge in [-0.1, -0.05) is 26.0 Å². The largest absolute Gasteiger partial charge is 0.486 e. The van der Waals surface area contributed by atoms with Gasteiger partial charge in [-0.3, -0.25) is 4.79 Å². The number of rotatable bonds is 4. The molecular formula is C18H22N2O3S. The first-order chi connectivity index (χ1) is 11.5. The lowest BCUT2D eigenvalue weighted by atomic mass is 10.2. The van der Waals surface area contributed by atoms with Gasteiger partial charge in [0, 0.05) is 13.0 Å². The van der Waals surface area contributed by atoms with Gasteiger partial charge in [-0.15, -0.1) is 11.3 Å². The van der Waals surface area contributed by atoms with Crippen LogP contribution in [0.2, 0.25) is 0 Å². The minimum Gasteiger partial charge on any atom is -0.486 e. The monoisotopic (exact) mass is 346 g/mol. The first kappa shape index (κ1) is 16.8. The van der Waals surface area contributed by atoms with E-state index >= 15 is 0 Å². The molecule has 1 aromatic carbocycles. The number of likely N-dealkylation sites (N-methyl/N-ethyl adjacent to an activating group) is 1. The second kappa shape index (κ2) is 6.81. The van der Waals surface area contributed by atoms with Crippen molar-refractivity contribution in [3.05, 3.63) is 39.8 Å². The number of nitrogens with zero attached hydrogens (tertiary/aromatic N) is 2. The molecule has 1 aliphatic rings. The van der Waals surface area contributed by atoms with Crippen LogP contribution in [0, 0.1) is 6.92 Å². The third-order valence-corrected chi connectivity index (χ3v) is 5.34. The van der Waals surface area contributed by atoms with E-state index in [-0.39, 0.29) is 12.0 Å². The van der Waals surface area contributed by atoms with E-state index in [2.05, 4.69) is 18.8 Å². The number of amides is 1. The Kier molecular flexibility index (Phi) is 4.76. The number of aryl methyl sites for hydroxylation is 1. The molecular weight excluding hydrogens is 324 g/mol. The average Bonchev–Trinajstić information content (AvgIpc) is 2.96. The summed E-state index contributed by atoms with van der Waals surface area (Å²) in [4.78, 5) is 19.6. The smallest absolute Gasteiger partial charge is 0.265 e. The van der Waals surface area contributed by atoms with Crippen LogP contribution in [-0.2, 0) is 0 Å². The summed E-state index contributed by atoms with van der Waals surface area (Å²) in [5, 5.41) is 0.996. The number of hydrogen-bond donors (Lipinski definition) is 0. The highest BCUT2D eigenvalue weighted by Gasteiger charge is 2.26. The van der Waals surface area contributed by atoms with E-state index in [0.717, 1.165) is 22.2 Å². The molecule has 2 heterocycles. The standard InChI is InChI=1S/C18H22N2O3S/c1-11(2)17-19-12(3)16(24-17)18(21)20(4)9-13-10-22-14-7-5-6-8-15(14)23-13/h5-8,11,13H,9-10H2,1-4H3/t13-/m1/s1. The summed E-state index contributed by atoms with van der Waals surface area (Å²) in [6.07, 6.45) is -0.174. The number of thiazole rings is 1. The maximum absolute atomic E-state index is 12.7. The van der Waals surface area contributed by atoms with Crippen LogP contribution in [0.1, 0.15) is 40.1 Å². The molecule has 1 aliphatic heterocycles. The Balaban J connectivity index is 1.67. The summed E-state index contributed by atoms with van der Waals surface area (Å²) in [5.41, 5.74) is 0.798. The van der Waals surface area contributed by atoms with Gasteiger partial charge >= 0.3 is 0 Å². The van der Waals surface area contributed by atoms with Gasteiger partial charge in [0.05, 0.1) is 17.2 Å². The van der Waals surface area contributed by atoms with E-state index in [9.17, 15) is 4.79 Å². The molecule has 0 bridgehead atoms. The number of aromatic nitrogens is 1. The summed E-state index contributed by atoms with van der Waals surface area (Å²) in [6, 6.07) is 7.59. The van der Waals surface area contributed by atoms with E-state index in [0.29, 0.717) is 23.9 Å². The van der Waals surface area contributed by atoms with Crippen molar-refractivity contribution in [1.29, 1.82) is 0 Å². The van der Waals surface area contributed by atoms with Crippen LogP contribution in [0.25, 0.3) is 0 Å². The molecule has 6 heteroatoms. The van der Waals surface area contributed by atoms with Gasteiger partial charge < -0.3 is 14.4 Å². The van der Waals surface area contributed by atoms with Crippen LogP contribution < -0.4 is 9.47 Å². The Bertz CT molecular complexity index is 742. The Labute approximate surface area is 146 Å². The fraction of sp³-hybridized carbons (Fsp3) is 0.444. The number of para-hydroxylation sites is 2. The van der Waals surface area contributed by atoms with Gasteiger partial charge in [0.1, 0.15) is 11.5 Å². The van der Waals surface area contributed by atoms with E-state index in [1.807, 2.05) is 31.2 Å². The van der Waals surface area contributed by atoms with Crippen molar-refractivity contribution in [2.24, 2.45) is 0 Å². The van der Waals surface area contributed by atoms with Gasteiger partial charge in [-0.2, -0.15) is 0 Å². The molecule has 0 unspecified atom stereocenters. The minimum atomic E-state index is -0.174. The molecule has 0 N–H and O–H groups in total. The van der Waals surface area contributed by atoms with Crippen LogP contribution in [-0.4, -0.2) is 42.1 Å².